The molecule has 10 heavy (non-hydrogen) atoms. The van der Waals surface area contributed by atoms with Crippen LogP contribution in [0.2, 0.25) is 5.15 Å². The first kappa shape index (κ1) is 8.02. The van der Waals surface area contributed by atoms with Crippen molar-refractivity contribution in [3.05, 3.63) is 28.5 Å². The van der Waals surface area contributed by atoms with Crippen molar-refractivity contribution in [1.29, 1.82) is 0 Å². The number of nitrogens with zero attached hydrogens (tertiary/aromatic N) is 1. The van der Waals surface area contributed by atoms with E-state index in [0.29, 0.717) is 5.15 Å². The smallest absolute Gasteiger partial charge is 0.132 e. The van der Waals surface area contributed by atoms with Crippen LogP contribution in [0.25, 0.3) is 0 Å². The van der Waals surface area contributed by atoms with Crippen LogP contribution in [-0.2, 0) is 5.33 Å². The minimum atomic E-state index is 0.594. The summed E-state index contributed by atoms with van der Waals surface area (Å²) in [6.07, 6.45) is 1.71. The van der Waals surface area contributed by atoms with E-state index < -0.39 is 0 Å². The molecule has 3 heteroatoms. The number of hydrogen-bond acceptors (Lipinski definition) is 1. The Morgan fingerprint density at radius 3 is 2.90 bits per heavy atom. The van der Waals surface area contributed by atoms with Gasteiger partial charge in [-0.3, -0.25) is 0 Å². The van der Waals surface area contributed by atoms with Crippen molar-refractivity contribution >= 4 is 27.5 Å². The van der Waals surface area contributed by atoms with Crippen LogP contribution in [0.5, 0.6) is 0 Å². The molecule has 0 N–H and O–H groups in total. The van der Waals surface area contributed by atoms with E-state index in [1.165, 1.54) is 5.56 Å². The maximum atomic E-state index is 5.76. The third kappa shape index (κ3) is 1.50. The molecule has 0 aliphatic heterocycles. The Morgan fingerprint density at radius 1 is 1.70 bits per heavy atom. The van der Waals surface area contributed by atoms with Gasteiger partial charge >= 0.3 is 0 Å². The summed E-state index contributed by atoms with van der Waals surface area (Å²) in [5.41, 5.74) is 2.25. The quantitative estimate of drug-likeness (QED) is 0.524. The van der Waals surface area contributed by atoms with Gasteiger partial charge in [-0.1, -0.05) is 27.5 Å². The molecule has 1 aromatic rings. The molecule has 0 unspecified atom stereocenters. The summed E-state index contributed by atoms with van der Waals surface area (Å²) in [5, 5.41) is 1.43. The lowest BCUT2D eigenvalue weighted by Crippen LogP contribution is -1.87. The Morgan fingerprint density at radius 2 is 2.40 bits per heavy atom. The van der Waals surface area contributed by atoms with E-state index in [4.69, 9.17) is 11.6 Å². The predicted molar refractivity (Wildman–Crippen MR) is 46.6 cm³/mol. The van der Waals surface area contributed by atoms with Gasteiger partial charge in [-0.2, -0.15) is 0 Å². The monoisotopic (exact) mass is 219 g/mol. The minimum Gasteiger partial charge on any atom is -0.244 e. The molecule has 0 bridgehead atoms. The number of halogens is 2. The van der Waals surface area contributed by atoms with Crippen molar-refractivity contribution in [3.63, 3.8) is 0 Å². The third-order valence-electron chi connectivity index (χ3n) is 1.40. The molecule has 0 saturated heterocycles. The van der Waals surface area contributed by atoms with Gasteiger partial charge in [-0.15, -0.1) is 0 Å². The molecule has 0 aliphatic rings. The topological polar surface area (TPSA) is 12.9 Å². The molecule has 1 nitrogen and oxygen atoms in total. The Hall–Kier alpha value is -0.0800. The first-order chi connectivity index (χ1) is 4.75. The van der Waals surface area contributed by atoms with Crippen LogP contribution in [0.3, 0.4) is 0 Å². The summed E-state index contributed by atoms with van der Waals surface area (Å²) in [6, 6.07) is 1.95. The average molecular weight is 220 g/mol. The van der Waals surface area contributed by atoms with E-state index in [9.17, 15) is 0 Å². The molecule has 0 amide bonds. The van der Waals surface area contributed by atoms with Gasteiger partial charge in [-0.25, -0.2) is 4.98 Å². The lowest BCUT2D eigenvalue weighted by Gasteiger charge is -2.00. The highest BCUT2D eigenvalue weighted by Crippen LogP contribution is 2.17. The molecule has 0 atom stereocenters. The van der Waals surface area contributed by atoms with E-state index in [2.05, 4.69) is 20.9 Å². The third-order valence-corrected chi connectivity index (χ3v) is 2.38. The zero-order valence-corrected chi connectivity index (χ0v) is 7.91. The SMILES string of the molecule is Cc1c(CBr)ccnc1Cl. The van der Waals surface area contributed by atoms with Gasteiger partial charge in [0.15, 0.2) is 0 Å². The number of hydrogen-bond donors (Lipinski definition) is 0. The fourth-order valence-electron chi connectivity index (χ4n) is 0.692. The summed E-state index contributed by atoms with van der Waals surface area (Å²) in [5.74, 6) is 0. The first-order valence-corrected chi connectivity index (χ1v) is 4.41. The molecular weight excluding hydrogens is 213 g/mol. The predicted octanol–water partition coefficient (Wildman–Crippen LogP) is 2.94. The van der Waals surface area contributed by atoms with E-state index in [1.807, 2.05) is 13.0 Å². The molecule has 0 fully saturated rings. The summed E-state index contributed by atoms with van der Waals surface area (Å²) in [6.45, 7) is 1.96. The van der Waals surface area contributed by atoms with Crippen molar-refractivity contribution in [2.45, 2.75) is 12.3 Å². The van der Waals surface area contributed by atoms with Crippen LogP contribution in [0, 0.1) is 6.92 Å². The van der Waals surface area contributed by atoms with E-state index in [-0.39, 0.29) is 0 Å². The Kier molecular flexibility index (Phi) is 2.69. The van der Waals surface area contributed by atoms with Gasteiger partial charge in [0, 0.05) is 11.5 Å². The molecular formula is C7H7BrClN. The molecule has 0 radical (unpaired) electrons. The molecule has 1 heterocycles. The zero-order chi connectivity index (χ0) is 7.56. The average Bonchev–Trinajstić information content (AvgIpc) is 1.95. The van der Waals surface area contributed by atoms with Gasteiger partial charge in [0.25, 0.3) is 0 Å². The second-order valence-electron chi connectivity index (χ2n) is 2.02. The van der Waals surface area contributed by atoms with Gasteiger partial charge in [0.1, 0.15) is 5.15 Å². The van der Waals surface area contributed by atoms with E-state index in [1.54, 1.807) is 6.20 Å². The number of aromatic nitrogens is 1. The lowest BCUT2D eigenvalue weighted by molar-refractivity contribution is 1.21. The van der Waals surface area contributed by atoms with Crippen LogP contribution in [0.15, 0.2) is 12.3 Å². The highest BCUT2D eigenvalue weighted by atomic mass is 79.9. The number of rotatable bonds is 1. The minimum absolute atomic E-state index is 0.594. The number of pyridine rings is 1. The zero-order valence-electron chi connectivity index (χ0n) is 5.56. The first-order valence-electron chi connectivity index (χ1n) is 2.91. The summed E-state index contributed by atoms with van der Waals surface area (Å²) >= 11 is 9.12. The van der Waals surface area contributed by atoms with E-state index >= 15 is 0 Å². The Labute approximate surface area is 73.6 Å². The molecule has 0 spiro atoms. The summed E-state index contributed by atoms with van der Waals surface area (Å²) < 4.78 is 0. The molecule has 54 valence electrons. The fraction of sp³-hybridized carbons (Fsp3) is 0.286. The van der Waals surface area contributed by atoms with Crippen LogP contribution in [0.4, 0.5) is 0 Å². The van der Waals surface area contributed by atoms with Gasteiger partial charge in [0.05, 0.1) is 0 Å². The summed E-state index contributed by atoms with van der Waals surface area (Å²) in [4.78, 5) is 3.93. The van der Waals surface area contributed by atoms with Crippen LogP contribution < -0.4 is 0 Å². The van der Waals surface area contributed by atoms with Gasteiger partial charge < -0.3 is 0 Å². The Bertz CT molecular complexity index is 237. The van der Waals surface area contributed by atoms with Gasteiger partial charge in [0.2, 0.25) is 0 Å². The number of alkyl halides is 1. The Balaban J connectivity index is 3.14. The largest absolute Gasteiger partial charge is 0.244 e. The van der Waals surface area contributed by atoms with Crippen molar-refractivity contribution in [3.8, 4) is 0 Å². The highest BCUT2D eigenvalue weighted by Gasteiger charge is 1.99. The second-order valence-corrected chi connectivity index (χ2v) is 2.94. The van der Waals surface area contributed by atoms with E-state index in [0.717, 1.165) is 10.9 Å². The maximum Gasteiger partial charge on any atom is 0.132 e. The lowest BCUT2D eigenvalue weighted by atomic mass is 10.2. The molecule has 0 aromatic carbocycles. The highest BCUT2D eigenvalue weighted by molar-refractivity contribution is 9.08. The van der Waals surface area contributed by atoms with Crippen LogP contribution in [-0.4, -0.2) is 4.98 Å². The van der Waals surface area contributed by atoms with Crippen LogP contribution in [0.1, 0.15) is 11.1 Å². The van der Waals surface area contributed by atoms with Crippen molar-refractivity contribution in [2.24, 2.45) is 0 Å². The second kappa shape index (κ2) is 3.35. The normalized spacial score (nSPS) is 9.90. The van der Waals surface area contributed by atoms with Crippen molar-refractivity contribution in [1.82, 2.24) is 4.98 Å². The molecule has 1 aromatic heterocycles. The summed E-state index contributed by atoms with van der Waals surface area (Å²) in [7, 11) is 0. The van der Waals surface area contributed by atoms with Crippen molar-refractivity contribution < 1.29 is 0 Å². The molecule has 1 rings (SSSR count). The van der Waals surface area contributed by atoms with Crippen LogP contribution >= 0.6 is 27.5 Å². The van der Waals surface area contributed by atoms with Gasteiger partial charge in [-0.05, 0) is 24.1 Å². The standard InChI is InChI=1S/C7H7BrClN/c1-5-6(4-8)2-3-10-7(5)9/h2-3H,4H2,1H3. The van der Waals surface area contributed by atoms with Crippen molar-refractivity contribution in [2.75, 3.05) is 0 Å². The maximum absolute atomic E-state index is 5.76. The fourth-order valence-corrected chi connectivity index (χ4v) is 1.48. The molecule has 0 saturated carbocycles. The molecule has 0 aliphatic carbocycles.